The van der Waals surface area contributed by atoms with Gasteiger partial charge in [-0.15, -0.1) is 0 Å². The van der Waals surface area contributed by atoms with Crippen LogP contribution < -0.4 is 0 Å². The van der Waals surface area contributed by atoms with E-state index >= 15 is 0 Å². The highest BCUT2D eigenvalue weighted by molar-refractivity contribution is 5.27. The summed E-state index contributed by atoms with van der Waals surface area (Å²) in [6, 6.07) is 4.65. The molecule has 0 amide bonds. The first kappa shape index (κ1) is 14.3. The molecule has 1 fully saturated rings. The van der Waals surface area contributed by atoms with Gasteiger partial charge in [-0.3, -0.25) is 0 Å². The maximum atomic E-state index is 12.5. The highest BCUT2D eigenvalue weighted by Gasteiger charge is 2.31. The van der Waals surface area contributed by atoms with E-state index in [4.69, 9.17) is 9.47 Å². The van der Waals surface area contributed by atoms with E-state index in [1.807, 2.05) is 0 Å². The molecule has 1 heterocycles. The minimum atomic E-state index is -4.41. The van der Waals surface area contributed by atoms with Gasteiger partial charge in [-0.05, 0) is 24.1 Å². The number of hydrogen-bond donors (Lipinski definition) is 1. The highest BCUT2D eigenvalue weighted by atomic mass is 19.4. The zero-order valence-electron chi connectivity index (χ0n) is 10.2. The minimum Gasteiger partial charge on any atom is -0.386 e. The van der Waals surface area contributed by atoms with Gasteiger partial charge in [0.1, 0.15) is 6.10 Å². The van der Waals surface area contributed by atoms with Crippen LogP contribution in [0, 0.1) is 0 Å². The van der Waals surface area contributed by atoms with Crippen molar-refractivity contribution in [3.05, 3.63) is 35.4 Å². The van der Waals surface area contributed by atoms with Gasteiger partial charge in [-0.25, -0.2) is 0 Å². The predicted molar refractivity (Wildman–Crippen MR) is 61.6 cm³/mol. The quantitative estimate of drug-likeness (QED) is 0.918. The summed E-state index contributed by atoms with van der Waals surface area (Å²) in [5, 5.41) is 9.84. The van der Waals surface area contributed by atoms with Crippen LogP contribution in [0.4, 0.5) is 13.2 Å². The summed E-state index contributed by atoms with van der Waals surface area (Å²) in [6.07, 6.45) is -4.81. The number of halogens is 3. The maximum Gasteiger partial charge on any atom is 0.416 e. The van der Waals surface area contributed by atoms with E-state index in [9.17, 15) is 18.3 Å². The molecule has 19 heavy (non-hydrogen) atoms. The van der Waals surface area contributed by atoms with Crippen molar-refractivity contribution >= 4 is 0 Å². The summed E-state index contributed by atoms with van der Waals surface area (Å²) in [5.41, 5.74) is -0.568. The van der Waals surface area contributed by atoms with Gasteiger partial charge >= 0.3 is 6.18 Å². The summed E-state index contributed by atoms with van der Waals surface area (Å²) in [4.78, 5) is 0. The SMILES string of the molecule is OC(COC1CCOC1)c1cccc(C(F)(F)F)c1. The molecule has 0 aromatic heterocycles. The number of aliphatic hydroxyl groups excluding tert-OH is 1. The number of aliphatic hydroxyl groups is 1. The summed E-state index contributed by atoms with van der Waals surface area (Å²) in [5.74, 6) is 0. The minimum absolute atomic E-state index is 0.0324. The van der Waals surface area contributed by atoms with Crippen molar-refractivity contribution in [3.63, 3.8) is 0 Å². The molecule has 1 aliphatic heterocycles. The molecular formula is C13H15F3O3. The first-order valence-corrected chi connectivity index (χ1v) is 6.01. The smallest absolute Gasteiger partial charge is 0.386 e. The Labute approximate surface area is 108 Å². The van der Waals surface area contributed by atoms with Crippen LogP contribution in [0.2, 0.25) is 0 Å². The largest absolute Gasteiger partial charge is 0.416 e. The Balaban J connectivity index is 1.96. The monoisotopic (exact) mass is 276 g/mol. The Morgan fingerprint density at radius 3 is 2.84 bits per heavy atom. The molecule has 1 saturated heterocycles. The highest BCUT2D eigenvalue weighted by Crippen LogP contribution is 2.30. The number of alkyl halides is 3. The molecule has 3 nitrogen and oxygen atoms in total. The van der Waals surface area contributed by atoms with Gasteiger partial charge in [-0.2, -0.15) is 13.2 Å². The van der Waals surface area contributed by atoms with E-state index in [1.165, 1.54) is 12.1 Å². The Morgan fingerprint density at radius 1 is 1.42 bits per heavy atom. The molecule has 106 valence electrons. The van der Waals surface area contributed by atoms with Gasteiger partial charge in [0.05, 0.1) is 24.9 Å². The van der Waals surface area contributed by atoms with E-state index in [0.29, 0.717) is 13.2 Å². The zero-order valence-corrected chi connectivity index (χ0v) is 10.2. The standard InChI is InChI=1S/C13H15F3O3/c14-13(15,16)10-3-1-2-9(6-10)12(17)8-19-11-4-5-18-7-11/h1-3,6,11-12,17H,4-5,7-8H2. The maximum absolute atomic E-state index is 12.5. The molecule has 1 aliphatic rings. The van der Waals surface area contributed by atoms with Gasteiger partial charge in [-0.1, -0.05) is 12.1 Å². The third kappa shape index (κ3) is 3.92. The fourth-order valence-corrected chi connectivity index (χ4v) is 1.89. The predicted octanol–water partition coefficient (Wildman–Crippen LogP) is 2.54. The average Bonchev–Trinajstić information content (AvgIpc) is 2.88. The van der Waals surface area contributed by atoms with Gasteiger partial charge < -0.3 is 14.6 Å². The molecule has 1 aromatic rings. The van der Waals surface area contributed by atoms with Crippen LogP contribution in [0.1, 0.15) is 23.7 Å². The molecule has 2 atom stereocenters. The molecule has 1 aromatic carbocycles. The Morgan fingerprint density at radius 2 is 2.21 bits per heavy atom. The second-order valence-electron chi connectivity index (χ2n) is 4.46. The van der Waals surface area contributed by atoms with Crippen molar-refractivity contribution in [2.45, 2.75) is 24.8 Å². The Bertz CT molecular complexity index is 414. The lowest BCUT2D eigenvalue weighted by molar-refractivity contribution is -0.137. The number of rotatable bonds is 4. The summed E-state index contributed by atoms with van der Waals surface area (Å²) < 4.78 is 48.1. The molecule has 0 aliphatic carbocycles. The summed E-state index contributed by atoms with van der Waals surface area (Å²) in [7, 11) is 0. The number of ether oxygens (including phenoxy) is 2. The Kier molecular flexibility index (Phi) is 4.44. The Hall–Kier alpha value is -1.11. The van der Waals surface area contributed by atoms with Crippen LogP contribution in [0.15, 0.2) is 24.3 Å². The van der Waals surface area contributed by atoms with E-state index in [2.05, 4.69) is 0 Å². The topological polar surface area (TPSA) is 38.7 Å². The fourth-order valence-electron chi connectivity index (χ4n) is 1.89. The van der Waals surface area contributed by atoms with Crippen molar-refractivity contribution in [1.82, 2.24) is 0 Å². The van der Waals surface area contributed by atoms with E-state index in [0.717, 1.165) is 18.6 Å². The van der Waals surface area contributed by atoms with E-state index in [1.54, 1.807) is 0 Å². The molecule has 0 saturated carbocycles. The van der Waals surface area contributed by atoms with E-state index < -0.39 is 17.8 Å². The van der Waals surface area contributed by atoms with Gasteiger partial charge in [0, 0.05) is 6.61 Å². The van der Waals surface area contributed by atoms with Crippen LogP contribution in [0.25, 0.3) is 0 Å². The lowest BCUT2D eigenvalue weighted by atomic mass is 10.1. The molecule has 2 rings (SSSR count). The first-order chi connectivity index (χ1) is 8.97. The first-order valence-electron chi connectivity index (χ1n) is 6.01. The fraction of sp³-hybridized carbons (Fsp3) is 0.538. The third-order valence-electron chi connectivity index (χ3n) is 2.98. The lowest BCUT2D eigenvalue weighted by Crippen LogP contribution is -2.17. The van der Waals surface area contributed by atoms with Gasteiger partial charge in [0.15, 0.2) is 0 Å². The van der Waals surface area contributed by atoms with Crippen molar-refractivity contribution in [2.24, 2.45) is 0 Å². The number of hydrogen-bond acceptors (Lipinski definition) is 3. The number of benzene rings is 1. The van der Waals surface area contributed by atoms with Crippen molar-refractivity contribution in [1.29, 1.82) is 0 Å². The third-order valence-corrected chi connectivity index (χ3v) is 2.98. The molecule has 6 heteroatoms. The normalized spacial score (nSPS) is 21.6. The summed E-state index contributed by atoms with van der Waals surface area (Å²) in [6.45, 7) is 1.05. The van der Waals surface area contributed by atoms with Crippen molar-refractivity contribution in [3.8, 4) is 0 Å². The molecule has 0 bridgehead atoms. The second kappa shape index (κ2) is 5.90. The molecule has 0 spiro atoms. The summed E-state index contributed by atoms with van der Waals surface area (Å²) >= 11 is 0. The van der Waals surface area contributed by atoms with Crippen molar-refractivity contribution in [2.75, 3.05) is 19.8 Å². The van der Waals surface area contributed by atoms with Crippen LogP contribution in [-0.2, 0) is 15.7 Å². The zero-order chi connectivity index (χ0) is 13.9. The lowest BCUT2D eigenvalue weighted by Gasteiger charge is -2.16. The van der Waals surface area contributed by atoms with Crippen LogP contribution in [0.3, 0.4) is 0 Å². The van der Waals surface area contributed by atoms with Crippen LogP contribution in [0.5, 0.6) is 0 Å². The van der Waals surface area contributed by atoms with Crippen LogP contribution in [-0.4, -0.2) is 31.0 Å². The molecule has 1 N–H and O–H groups in total. The molecular weight excluding hydrogens is 261 g/mol. The molecule has 0 radical (unpaired) electrons. The van der Waals surface area contributed by atoms with Crippen molar-refractivity contribution < 1.29 is 27.8 Å². The second-order valence-corrected chi connectivity index (χ2v) is 4.46. The van der Waals surface area contributed by atoms with E-state index in [-0.39, 0.29) is 18.3 Å². The average molecular weight is 276 g/mol. The van der Waals surface area contributed by atoms with Crippen LogP contribution >= 0.6 is 0 Å². The van der Waals surface area contributed by atoms with Gasteiger partial charge in [0.25, 0.3) is 0 Å². The molecule has 2 unspecified atom stereocenters. The van der Waals surface area contributed by atoms with Gasteiger partial charge in [0.2, 0.25) is 0 Å².